The molecule has 1 aromatic carbocycles. The van der Waals surface area contributed by atoms with Crippen molar-refractivity contribution >= 4 is 11.6 Å². The Bertz CT molecular complexity index is 378. The summed E-state index contributed by atoms with van der Waals surface area (Å²) >= 11 is 5.97. The van der Waals surface area contributed by atoms with Crippen LogP contribution in [0.3, 0.4) is 0 Å². The molecule has 1 unspecified atom stereocenters. The number of benzene rings is 1. The van der Waals surface area contributed by atoms with Crippen molar-refractivity contribution in [1.29, 1.82) is 0 Å². The summed E-state index contributed by atoms with van der Waals surface area (Å²) in [6.45, 7) is 5.91. The lowest BCUT2D eigenvalue weighted by Crippen LogP contribution is -2.38. The predicted molar refractivity (Wildman–Crippen MR) is 68.4 cm³/mol. The summed E-state index contributed by atoms with van der Waals surface area (Å²) in [5, 5.41) is 10.9. The number of aryl methyl sites for hydroxylation is 1. The number of nitrogens with zero attached hydrogens (tertiary/aromatic N) is 1. The number of hydrogen-bond acceptors (Lipinski definition) is 3. The third-order valence-corrected chi connectivity index (χ3v) is 3.53. The SMILES string of the molecule is Cc1cc(C(O)CN2CCOCC2)ccc1Cl. The molecule has 17 heavy (non-hydrogen) atoms. The van der Waals surface area contributed by atoms with Gasteiger partial charge in [0.25, 0.3) is 0 Å². The standard InChI is InChI=1S/C13H18ClNO2/c1-10-8-11(2-3-12(10)14)13(16)9-15-4-6-17-7-5-15/h2-3,8,13,16H,4-7,9H2,1H3. The van der Waals surface area contributed by atoms with Gasteiger partial charge in [-0.05, 0) is 24.1 Å². The molecule has 1 fully saturated rings. The molecule has 0 bridgehead atoms. The minimum absolute atomic E-state index is 0.455. The van der Waals surface area contributed by atoms with Gasteiger partial charge in [-0.25, -0.2) is 0 Å². The Morgan fingerprint density at radius 3 is 2.76 bits per heavy atom. The maximum absolute atomic E-state index is 10.2. The van der Waals surface area contributed by atoms with Crippen molar-refractivity contribution in [2.75, 3.05) is 32.8 Å². The summed E-state index contributed by atoms with van der Waals surface area (Å²) in [5.74, 6) is 0. The van der Waals surface area contributed by atoms with Crippen molar-refractivity contribution < 1.29 is 9.84 Å². The van der Waals surface area contributed by atoms with Crippen LogP contribution >= 0.6 is 11.6 Å². The Morgan fingerprint density at radius 2 is 2.12 bits per heavy atom. The van der Waals surface area contributed by atoms with Gasteiger partial charge in [-0.1, -0.05) is 23.7 Å². The van der Waals surface area contributed by atoms with Crippen molar-refractivity contribution in [1.82, 2.24) is 4.90 Å². The van der Waals surface area contributed by atoms with E-state index in [4.69, 9.17) is 16.3 Å². The lowest BCUT2D eigenvalue weighted by molar-refractivity contribution is 0.0143. The first-order chi connectivity index (χ1) is 8.16. The smallest absolute Gasteiger partial charge is 0.0917 e. The average Bonchev–Trinajstić information content (AvgIpc) is 2.34. The van der Waals surface area contributed by atoms with Gasteiger partial charge in [0.15, 0.2) is 0 Å². The van der Waals surface area contributed by atoms with E-state index in [1.165, 1.54) is 0 Å². The van der Waals surface area contributed by atoms with Crippen LogP contribution in [0.25, 0.3) is 0 Å². The molecular weight excluding hydrogens is 238 g/mol. The van der Waals surface area contributed by atoms with Crippen LogP contribution < -0.4 is 0 Å². The molecule has 1 atom stereocenters. The highest BCUT2D eigenvalue weighted by Crippen LogP contribution is 2.21. The average molecular weight is 256 g/mol. The molecule has 2 rings (SSSR count). The molecule has 0 spiro atoms. The second-order valence-corrected chi connectivity index (χ2v) is 4.84. The molecule has 3 nitrogen and oxygen atoms in total. The van der Waals surface area contributed by atoms with E-state index in [0.717, 1.165) is 42.5 Å². The summed E-state index contributed by atoms with van der Waals surface area (Å²) in [7, 11) is 0. The number of rotatable bonds is 3. The number of β-amino-alcohol motifs (C(OH)–C–C–N with tert-alkyl or cyclic N) is 1. The minimum atomic E-state index is -0.455. The van der Waals surface area contributed by atoms with E-state index < -0.39 is 6.10 Å². The molecule has 1 aliphatic rings. The topological polar surface area (TPSA) is 32.7 Å². The lowest BCUT2D eigenvalue weighted by atomic mass is 10.1. The van der Waals surface area contributed by atoms with Crippen LogP contribution in [0.15, 0.2) is 18.2 Å². The van der Waals surface area contributed by atoms with Crippen LogP contribution in [-0.2, 0) is 4.74 Å². The van der Waals surface area contributed by atoms with Gasteiger partial charge < -0.3 is 9.84 Å². The Balaban J connectivity index is 1.98. The molecule has 0 amide bonds. The van der Waals surface area contributed by atoms with Gasteiger partial charge in [-0.3, -0.25) is 4.90 Å². The van der Waals surface area contributed by atoms with Gasteiger partial charge >= 0.3 is 0 Å². The molecule has 1 aliphatic heterocycles. The van der Waals surface area contributed by atoms with Gasteiger partial charge in [0.1, 0.15) is 0 Å². The maximum Gasteiger partial charge on any atom is 0.0917 e. The number of aliphatic hydroxyl groups is 1. The van der Waals surface area contributed by atoms with E-state index in [9.17, 15) is 5.11 Å². The first-order valence-electron chi connectivity index (χ1n) is 5.91. The zero-order valence-electron chi connectivity index (χ0n) is 10.0. The molecule has 4 heteroatoms. The molecule has 0 saturated carbocycles. The van der Waals surface area contributed by atoms with E-state index >= 15 is 0 Å². The van der Waals surface area contributed by atoms with Crippen LogP contribution in [0, 0.1) is 6.92 Å². The van der Waals surface area contributed by atoms with Gasteiger partial charge in [0.2, 0.25) is 0 Å². The van der Waals surface area contributed by atoms with Crippen molar-refractivity contribution in [3.8, 4) is 0 Å². The van der Waals surface area contributed by atoms with Gasteiger partial charge in [0.05, 0.1) is 19.3 Å². The number of halogens is 1. The predicted octanol–water partition coefficient (Wildman–Crippen LogP) is 2.01. The monoisotopic (exact) mass is 255 g/mol. The Kier molecular flexibility index (Phi) is 4.40. The Labute approximate surface area is 107 Å². The van der Waals surface area contributed by atoms with Crippen LogP contribution in [0.5, 0.6) is 0 Å². The molecule has 1 N–H and O–H groups in total. The molecule has 0 aliphatic carbocycles. The van der Waals surface area contributed by atoms with E-state index in [1.807, 2.05) is 25.1 Å². The van der Waals surface area contributed by atoms with Crippen LogP contribution in [0.4, 0.5) is 0 Å². The fourth-order valence-electron chi connectivity index (χ4n) is 2.01. The van der Waals surface area contributed by atoms with E-state index in [1.54, 1.807) is 0 Å². The van der Waals surface area contributed by atoms with Crippen LogP contribution in [0.2, 0.25) is 5.02 Å². The Morgan fingerprint density at radius 1 is 1.41 bits per heavy atom. The number of ether oxygens (including phenoxy) is 1. The third kappa shape index (κ3) is 3.42. The highest BCUT2D eigenvalue weighted by atomic mass is 35.5. The first-order valence-corrected chi connectivity index (χ1v) is 6.29. The van der Waals surface area contributed by atoms with Gasteiger partial charge in [-0.15, -0.1) is 0 Å². The first kappa shape index (κ1) is 12.8. The lowest BCUT2D eigenvalue weighted by Gasteiger charge is -2.28. The van der Waals surface area contributed by atoms with E-state index in [0.29, 0.717) is 6.54 Å². The molecular formula is C13H18ClNO2. The zero-order chi connectivity index (χ0) is 12.3. The van der Waals surface area contributed by atoms with Crippen LogP contribution in [-0.4, -0.2) is 42.9 Å². The van der Waals surface area contributed by atoms with Crippen molar-refractivity contribution in [2.45, 2.75) is 13.0 Å². The summed E-state index contributed by atoms with van der Waals surface area (Å²) < 4.78 is 5.28. The molecule has 0 aromatic heterocycles. The second kappa shape index (κ2) is 5.83. The van der Waals surface area contributed by atoms with Gasteiger partial charge in [0, 0.05) is 24.7 Å². The zero-order valence-corrected chi connectivity index (χ0v) is 10.8. The summed E-state index contributed by atoms with van der Waals surface area (Å²) in [5.41, 5.74) is 1.93. The molecule has 1 heterocycles. The second-order valence-electron chi connectivity index (χ2n) is 4.44. The maximum atomic E-state index is 10.2. The van der Waals surface area contributed by atoms with Crippen LogP contribution in [0.1, 0.15) is 17.2 Å². The Hall–Kier alpha value is -0.610. The van der Waals surface area contributed by atoms with E-state index in [2.05, 4.69) is 4.90 Å². The molecule has 1 aromatic rings. The molecule has 94 valence electrons. The van der Waals surface area contributed by atoms with Gasteiger partial charge in [-0.2, -0.15) is 0 Å². The number of hydrogen-bond donors (Lipinski definition) is 1. The quantitative estimate of drug-likeness (QED) is 0.897. The number of morpholine rings is 1. The highest BCUT2D eigenvalue weighted by Gasteiger charge is 2.16. The molecule has 0 radical (unpaired) electrons. The van der Waals surface area contributed by atoms with Crippen molar-refractivity contribution in [2.24, 2.45) is 0 Å². The normalized spacial score (nSPS) is 19.2. The fraction of sp³-hybridized carbons (Fsp3) is 0.538. The third-order valence-electron chi connectivity index (χ3n) is 3.10. The summed E-state index contributed by atoms with van der Waals surface area (Å²) in [6.07, 6.45) is -0.455. The number of aliphatic hydroxyl groups excluding tert-OH is 1. The van der Waals surface area contributed by atoms with Crippen molar-refractivity contribution in [3.63, 3.8) is 0 Å². The minimum Gasteiger partial charge on any atom is -0.387 e. The molecule has 1 saturated heterocycles. The summed E-state index contributed by atoms with van der Waals surface area (Å²) in [6, 6.07) is 5.68. The largest absolute Gasteiger partial charge is 0.387 e. The van der Waals surface area contributed by atoms with Crippen molar-refractivity contribution in [3.05, 3.63) is 34.3 Å². The van der Waals surface area contributed by atoms with E-state index in [-0.39, 0.29) is 0 Å². The summed E-state index contributed by atoms with van der Waals surface area (Å²) in [4.78, 5) is 2.22. The highest BCUT2D eigenvalue weighted by molar-refractivity contribution is 6.31. The fourth-order valence-corrected chi connectivity index (χ4v) is 2.13.